The fraction of sp³-hybridized carbons (Fsp3) is 0.667. The van der Waals surface area contributed by atoms with E-state index in [9.17, 15) is 5.11 Å². The predicted molar refractivity (Wildman–Crippen MR) is 80.7 cm³/mol. The van der Waals surface area contributed by atoms with Crippen LogP contribution in [0.15, 0.2) is 18.2 Å². The highest BCUT2D eigenvalue weighted by Crippen LogP contribution is 2.49. The van der Waals surface area contributed by atoms with Gasteiger partial charge in [-0.05, 0) is 80.2 Å². The zero-order chi connectivity index (χ0) is 13.7. The first-order valence-electron chi connectivity index (χ1n) is 8.22. The average Bonchev–Trinajstić information content (AvgIpc) is 3.11. The summed E-state index contributed by atoms with van der Waals surface area (Å²) in [6.45, 7) is 1.27. The summed E-state index contributed by atoms with van der Waals surface area (Å²) < 4.78 is 0. The fourth-order valence-corrected chi connectivity index (χ4v) is 5.14. The van der Waals surface area contributed by atoms with E-state index in [1.54, 1.807) is 0 Å². The zero-order valence-electron chi connectivity index (χ0n) is 12.4. The molecule has 4 unspecified atom stereocenters. The van der Waals surface area contributed by atoms with Crippen LogP contribution in [0.25, 0.3) is 0 Å². The molecule has 4 atom stereocenters. The van der Waals surface area contributed by atoms with Crippen molar-refractivity contribution in [3.63, 3.8) is 0 Å². The molecule has 1 aromatic carbocycles. The van der Waals surface area contributed by atoms with E-state index in [0.717, 1.165) is 24.2 Å². The molecule has 20 heavy (non-hydrogen) atoms. The summed E-state index contributed by atoms with van der Waals surface area (Å²) in [6.07, 6.45) is 8.30. The summed E-state index contributed by atoms with van der Waals surface area (Å²) in [5, 5.41) is 9.61. The van der Waals surface area contributed by atoms with E-state index in [-0.39, 0.29) is 0 Å². The smallest absolute Gasteiger partial charge is 0.115 e. The minimum Gasteiger partial charge on any atom is -0.508 e. The molecule has 2 bridgehead atoms. The first-order valence-corrected chi connectivity index (χ1v) is 8.22. The minimum absolute atomic E-state index is 0.417. The molecule has 2 nitrogen and oxygen atoms in total. The third-order valence-electron chi connectivity index (χ3n) is 6.11. The highest BCUT2D eigenvalue weighted by molar-refractivity contribution is 5.40. The summed E-state index contributed by atoms with van der Waals surface area (Å²) in [5.74, 6) is 3.43. The van der Waals surface area contributed by atoms with Crippen LogP contribution in [0.1, 0.15) is 49.3 Å². The molecule has 3 aliphatic carbocycles. The third-order valence-corrected chi connectivity index (χ3v) is 6.11. The molecule has 108 valence electrons. The van der Waals surface area contributed by atoms with Crippen molar-refractivity contribution >= 4 is 0 Å². The van der Waals surface area contributed by atoms with Crippen molar-refractivity contribution in [1.82, 2.24) is 4.90 Å². The Morgan fingerprint density at radius 1 is 1.20 bits per heavy atom. The normalized spacial score (nSPS) is 34.9. The number of aromatic hydroxyl groups is 1. The number of nitrogens with zero attached hydrogens (tertiary/aromatic N) is 1. The van der Waals surface area contributed by atoms with Crippen LogP contribution in [-0.2, 0) is 6.42 Å². The lowest BCUT2D eigenvalue weighted by atomic mass is 9.88. The van der Waals surface area contributed by atoms with E-state index in [1.165, 1.54) is 49.8 Å². The van der Waals surface area contributed by atoms with Crippen molar-refractivity contribution in [3.05, 3.63) is 29.3 Å². The van der Waals surface area contributed by atoms with Crippen LogP contribution in [-0.4, -0.2) is 23.6 Å². The molecule has 0 aliphatic heterocycles. The summed E-state index contributed by atoms with van der Waals surface area (Å²) in [6, 6.07) is 6.52. The number of benzene rings is 1. The van der Waals surface area contributed by atoms with Crippen LogP contribution in [0.5, 0.6) is 5.75 Å². The van der Waals surface area contributed by atoms with Gasteiger partial charge in [-0.3, -0.25) is 4.90 Å². The molecule has 1 N–H and O–H groups in total. The Morgan fingerprint density at radius 2 is 2.10 bits per heavy atom. The van der Waals surface area contributed by atoms with Crippen LogP contribution in [0.3, 0.4) is 0 Å². The summed E-state index contributed by atoms with van der Waals surface area (Å²) in [4.78, 5) is 2.59. The second-order valence-corrected chi connectivity index (χ2v) is 7.31. The average molecular weight is 271 g/mol. The van der Waals surface area contributed by atoms with Crippen LogP contribution < -0.4 is 0 Å². The molecule has 0 heterocycles. The van der Waals surface area contributed by atoms with Crippen molar-refractivity contribution in [1.29, 1.82) is 0 Å². The number of hydrogen-bond donors (Lipinski definition) is 1. The first-order chi connectivity index (χ1) is 9.70. The minimum atomic E-state index is 0.417. The summed E-state index contributed by atoms with van der Waals surface area (Å²) in [7, 11) is 2.30. The lowest BCUT2D eigenvalue weighted by Gasteiger charge is -2.31. The molecule has 0 saturated heterocycles. The monoisotopic (exact) mass is 271 g/mol. The maximum Gasteiger partial charge on any atom is 0.115 e. The quantitative estimate of drug-likeness (QED) is 0.905. The second kappa shape index (κ2) is 4.77. The van der Waals surface area contributed by atoms with Gasteiger partial charge in [0.2, 0.25) is 0 Å². The number of phenolic OH excluding ortho intramolecular Hbond substituents is 1. The Kier molecular flexibility index (Phi) is 3.03. The molecule has 0 amide bonds. The maximum absolute atomic E-state index is 9.61. The molecule has 2 fully saturated rings. The summed E-state index contributed by atoms with van der Waals surface area (Å²) in [5.41, 5.74) is 2.81. The largest absolute Gasteiger partial charge is 0.508 e. The van der Waals surface area contributed by atoms with Crippen LogP contribution in [0, 0.1) is 17.8 Å². The van der Waals surface area contributed by atoms with Crippen molar-refractivity contribution in [3.8, 4) is 5.75 Å². The van der Waals surface area contributed by atoms with Crippen LogP contribution in [0.2, 0.25) is 0 Å². The molecular weight excluding hydrogens is 246 g/mol. The van der Waals surface area contributed by atoms with Gasteiger partial charge >= 0.3 is 0 Å². The summed E-state index contributed by atoms with van der Waals surface area (Å²) >= 11 is 0. The Morgan fingerprint density at radius 3 is 2.85 bits per heavy atom. The maximum atomic E-state index is 9.61. The Hall–Kier alpha value is -1.02. The molecule has 1 aromatic rings. The van der Waals surface area contributed by atoms with Gasteiger partial charge in [0.25, 0.3) is 0 Å². The molecule has 0 spiro atoms. The van der Waals surface area contributed by atoms with Gasteiger partial charge in [0.05, 0.1) is 0 Å². The lowest BCUT2D eigenvalue weighted by Crippen LogP contribution is -2.31. The van der Waals surface area contributed by atoms with Gasteiger partial charge in [0.15, 0.2) is 0 Å². The third kappa shape index (κ3) is 2.05. The Balaban J connectivity index is 1.46. The highest BCUT2D eigenvalue weighted by Gasteiger charge is 2.40. The molecule has 0 aromatic heterocycles. The van der Waals surface area contributed by atoms with Gasteiger partial charge in [-0.2, -0.15) is 0 Å². The topological polar surface area (TPSA) is 23.5 Å². The van der Waals surface area contributed by atoms with Gasteiger partial charge in [0.1, 0.15) is 5.75 Å². The van der Waals surface area contributed by atoms with Gasteiger partial charge in [-0.1, -0.05) is 12.5 Å². The zero-order valence-corrected chi connectivity index (χ0v) is 12.4. The van der Waals surface area contributed by atoms with E-state index in [4.69, 9.17) is 0 Å². The highest BCUT2D eigenvalue weighted by atomic mass is 16.3. The number of rotatable bonds is 3. The number of fused-ring (bicyclic) bond motifs is 3. The molecule has 0 radical (unpaired) electrons. The second-order valence-electron chi connectivity index (χ2n) is 7.31. The van der Waals surface area contributed by atoms with Gasteiger partial charge < -0.3 is 5.11 Å². The Bertz CT molecular complexity index is 512. The fourth-order valence-electron chi connectivity index (χ4n) is 5.14. The van der Waals surface area contributed by atoms with E-state index in [0.29, 0.717) is 11.8 Å². The molecule has 2 heteroatoms. The molecule has 4 rings (SSSR count). The van der Waals surface area contributed by atoms with Crippen molar-refractivity contribution in [2.75, 3.05) is 13.6 Å². The number of aryl methyl sites for hydroxylation is 1. The number of phenols is 1. The van der Waals surface area contributed by atoms with Gasteiger partial charge in [-0.25, -0.2) is 0 Å². The van der Waals surface area contributed by atoms with Crippen LogP contribution in [0.4, 0.5) is 0 Å². The van der Waals surface area contributed by atoms with E-state index in [2.05, 4.69) is 18.0 Å². The molecular formula is C18H25NO. The molecule has 3 aliphatic rings. The molecule has 2 saturated carbocycles. The lowest BCUT2D eigenvalue weighted by molar-refractivity contribution is 0.172. The van der Waals surface area contributed by atoms with Gasteiger partial charge in [-0.15, -0.1) is 0 Å². The first kappa shape index (κ1) is 12.7. The Labute approximate surface area is 121 Å². The van der Waals surface area contributed by atoms with Crippen molar-refractivity contribution in [2.45, 2.75) is 44.6 Å². The van der Waals surface area contributed by atoms with E-state index in [1.807, 2.05) is 12.1 Å². The standard InChI is InChI=1S/C18H25NO/c1-19(11-15-9-12-2-3-13(15)8-12)18-7-4-14-10-16(20)5-6-17(14)18/h5-6,10,12-13,15,18,20H,2-4,7-9,11H2,1H3. The van der Waals surface area contributed by atoms with Crippen LogP contribution >= 0.6 is 0 Å². The van der Waals surface area contributed by atoms with E-state index < -0.39 is 0 Å². The SMILES string of the molecule is CN(CC1CC2CCC1C2)C1CCc2cc(O)ccc21. The van der Waals surface area contributed by atoms with Crippen molar-refractivity contribution < 1.29 is 5.11 Å². The van der Waals surface area contributed by atoms with Crippen molar-refractivity contribution in [2.24, 2.45) is 17.8 Å². The number of hydrogen-bond acceptors (Lipinski definition) is 2. The van der Waals surface area contributed by atoms with Gasteiger partial charge in [0, 0.05) is 12.6 Å². The van der Waals surface area contributed by atoms with E-state index >= 15 is 0 Å². The predicted octanol–water partition coefficient (Wildman–Crippen LogP) is 3.75.